The first-order valence-electron chi connectivity index (χ1n) is 7.00. The van der Waals surface area contributed by atoms with E-state index >= 15 is 0 Å². The number of carbonyl (C=O) groups is 1. The third kappa shape index (κ3) is 3.28. The number of carbonyl (C=O) groups excluding carboxylic acids is 1. The van der Waals surface area contributed by atoms with Gasteiger partial charge in [0.25, 0.3) is 5.91 Å². The number of ether oxygens (including phenoxy) is 3. The third-order valence-corrected chi connectivity index (χ3v) is 3.69. The number of rotatable bonds is 6. The molecule has 0 radical (unpaired) electrons. The zero-order chi connectivity index (χ0) is 15.4. The highest BCUT2D eigenvalue weighted by molar-refractivity contribution is 5.95. The van der Waals surface area contributed by atoms with Crippen LogP contribution in [0.2, 0.25) is 0 Å². The number of amides is 1. The van der Waals surface area contributed by atoms with Crippen molar-refractivity contribution in [2.24, 2.45) is 5.73 Å². The second-order valence-corrected chi connectivity index (χ2v) is 4.96. The van der Waals surface area contributed by atoms with Crippen molar-refractivity contribution in [1.82, 2.24) is 5.32 Å². The minimum atomic E-state index is -0.194. The van der Waals surface area contributed by atoms with Gasteiger partial charge in [-0.1, -0.05) is 0 Å². The molecule has 1 aliphatic rings. The van der Waals surface area contributed by atoms with E-state index in [2.05, 4.69) is 5.32 Å². The topological polar surface area (TPSA) is 82.8 Å². The maximum Gasteiger partial charge on any atom is 0.251 e. The van der Waals surface area contributed by atoms with Gasteiger partial charge in [-0.2, -0.15) is 0 Å². The molecule has 3 N–H and O–H groups in total. The molecule has 0 spiro atoms. The fourth-order valence-electron chi connectivity index (χ4n) is 2.44. The zero-order valence-electron chi connectivity index (χ0n) is 12.6. The Morgan fingerprint density at radius 1 is 1.33 bits per heavy atom. The number of methoxy groups -OCH3 is 2. The Hall–Kier alpha value is -1.79. The van der Waals surface area contributed by atoms with Gasteiger partial charge < -0.3 is 25.3 Å². The number of hydrogen-bond donors (Lipinski definition) is 2. The van der Waals surface area contributed by atoms with Crippen LogP contribution >= 0.6 is 0 Å². The molecule has 2 rings (SSSR count). The summed E-state index contributed by atoms with van der Waals surface area (Å²) in [6.07, 6.45) is 0.763. The van der Waals surface area contributed by atoms with Gasteiger partial charge in [0.1, 0.15) is 0 Å². The summed E-state index contributed by atoms with van der Waals surface area (Å²) in [5.41, 5.74) is 6.43. The lowest BCUT2D eigenvalue weighted by atomic mass is 9.83. The molecule has 6 heteroatoms. The van der Waals surface area contributed by atoms with Crippen LogP contribution in [0.4, 0.5) is 0 Å². The quantitative estimate of drug-likeness (QED) is 0.816. The summed E-state index contributed by atoms with van der Waals surface area (Å²) in [6, 6.07) is 4.83. The predicted molar refractivity (Wildman–Crippen MR) is 78.8 cm³/mol. The summed E-state index contributed by atoms with van der Waals surface area (Å²) in [4.78, 5) is 12.3. The minimum absolute atomic E-state index is 0.00547. The standard InChI is InChI=1S/C15H22N2O4/c1-4-21-13-8-10(16)14(13)17-15(18)9-5-6-11(19-2)12(7-9)20-3/h5-7,10,13-14H,4,8,16H2,1-3H3,(H,17,18). The van der Waals surface area contributed by atoms with E-state index in [-0.39, 0.29) is 24.1 Å². The fraction of sp³-hybridized carbons (Fsp3) is 0.533. The molecule has 0 heterocycles. The van der Waals surface area contributed by atoms with Crippen LogP contribution in [-0.2, 0) is 4.74 Å². The van der Waals surface area contributed by atoms with Crippen LogP contribution in [0.3, 0.4) is 0 Å². The van der Waals surface area contributed by atoms with E-state index < -0.39 is 0 Å². The average Bonchev–Trinajstić information content (AvgIpc) is 2.51. The predicted octanol–water partition coefficient (Wildman–Crippen LogP) is 0.938. The van der Waals surface area contributed by atoms with Crippen LogP contribution in [-0.4, -0.2) is 44.9 Å². The van der Waals surface area contributed by atoms with Crippen molar-refractivity contribution >= 4 is 5.91 Å². The summed E-state index contributed by atoms with van der Waals surface area (Å²) < 4.78 is 15.9. The van der Waals surface area contributed by atoms with Gasteiger partial charge in [-0.25, -0.2) is 0 Å². The molecule has 3 unspecified atom stereocenters. The van der Waals surface area contributed by atoms with Crippen LogP contribution in [0.25, 0.3) is 0 Å². The molecule has 1 aromatic carbocycles. The van der Waals surface area contributed by atoms with E-state index in [0.717, 1.165) is 6.42 Å². The van der Waals surface area contributed by atoms with Crippen molar-refractivity contribution in [3.05, 3.63) is 23.8 Å². The molecular weight excluding hydrogens is 272 g/mol. The van der Waals surface area contributed by atoms with Gasteiger partial charge >= 0.3 is 0 Å². The Morgan fingerprint density at radius 2 is 2.05 bits per heavy atom. The highest BCUT2D eigenvalue weighted by atomic mass is 16.5. The monoisotopic (exact) mass is 294 g/mol. The third-order valence-electron chi connectivity index (χ3n) is 3.69. The van der Waals surface area contributed by atoms with E-state index in [1.165, 1.54) is 7.11 Å². The number of hydrogen-bond acceptors (Lipinski definition) is 5. The molecule has 6 nitrogen and oxygen atoms in total. The summed E-state index contributed by atoms with van der Waals surface area (Å²) in [5, 5.41) is 2.92. The van der Waals surface area contributed by atoms with Crippen LogP contribution in [0, 0.1) is 0 Å². The van der Waals surface area contributed by atoms with Gasteiger partial charge in [0.2, 0.25) is 0 Å². The van der Waals surface area contributed by atoms with Crippen LogP contribution in [0.15, 0.2) is 18.2 Å². The largest absolute Gasteiger partial charge is 0.493 e. The van der Waals surface area contributed by atoms with Crippen molar-refractivity contribution in [3.8, 4) is 11.5 Å². The fourth-order valence-corrected chi connectivity index (χ4v) is 2.44. The highest BCUT2D eigenvalue weighted by Crippen LogP contribution is 2.28. The molecule has 1 aromatic rings. The normalized spacial score (nSPS) is 24.1. The van der Waals surface area contributed by atoms with Crippen molar-refractivity contribution in [3.63, 3.8) is 0 Å². The Balaban J connectivity index is 2.06. The van der Waals surface area contributed by atoms with E-state index in [0.29, 0.717) is 23.7 Å². The van der Waals surface area contributed by atoms with E-state index in [4.69, 9.17) is 19.9 Å². The Bertz CT molecular complexity index is 504. The van der Waals surface area contributed by atoms with Crippen LogP contribution in [0.5, 0.6) is 11.5 Å². The second kappa shape index (κ2) is 6.78. The Morgan fingerprint density at radius 3 is 2.62 bits per heavy atom. The highest BCUT2D eigenvalue weighted by Gasteiger charge is 2.40. The molecule has 0 aromatic heterocycles. The van der Waals surface area contributed by atoms with Gasteiger partial charge in [-0.15, -0.1) is 0 Å². The summed E-state index contributed by atoms with van der Waals surface area (Å²) in [7, 11) is 3.09. The van der Waals surface area contributed by atoms with Gasteiger partial charge in [-0.3, -0.25) is 4.79 Å². The molecule has 1 amide bonds. The molecule has 1 aliphatic carbocycles. The smallest absolute Gasteiger partial charge is 0.251 e. The van der Waals surface area contributed by atoms with Crippen LogP contribution < -0.4 is 20.5 Å². The lowest BCUT2D eigenvalue weighted by Gasteiger charge is -2.42. The molecule has 0 saturated heterocycles. The van der Waals surface area contributed by atoms with Gasteiger partial charge in [0.05, 0.1) is 26.4 Å². The molecule has 0 bridgehead atoms. The van der Waals surface area contributed by atoms with Gasteiger partial charge in [0.15, 0.2) is 11.5 Å². The summed E-state index contributed by atoms with van der Waals surface area (Å²) in [5.74, 6) is 0.909. The van der Waals surface area contributed by atoms with E-state index in [9.17, 15) is 4.79 Å². The van der Waals surface area contributed by atoms with Crippen LogP contribution in [0.1, 0.15) is 23.7 Å². The first-order chi connectivity index (χ1) is 10.1. The molecular formula is C15H22N2O4. The molecule has 0 aliphatic heterocycles. The molecule has 21 heavy (non-hydrogen) atoms. The lowest BCUT2D eigenvalue weighted by molar-refractivity contribution is -0.0300. The summed E-state index contributed by atoms with van der Waals surface area (Å²) in [6.45, 7) is 2.54. The van der Waals surface area contributed by atoms with Crippen molar-refractivity contribution in [2.45, 2.75) is 31.5 Å². The molecule has 3 atom stereocenters. The van der Waals surface area contributed by atoms with E-state index in [1.54, 1.807) is 25.3 Å². The first kappa shape index (κ1) is 15.6. The van der Waals surface area contributed by atoms with Crippen molar-refractivity contribution < 1.29 is 19.0 Å². The molecule has 116 valence electrons. The SMILES string of the molecule is CCOC1CC(N)C1NC(=O)c1ccc(OC)c(OC)c1. The molecule has 1 saturated carbocycles. The maximum absolute atomic E-state index is 12.3. The van der Waals surface area contributed by atoms with Gasteiger partial charge in [0, 0.05) is 18.2 Å². The van der Waals surface area contributed by atoms with Crippen molar-refractivity contribution in [2.75, 3.05) is 20.8 Å². The number of benzene rings is 1. The summed E-state index contributed by atoms with van der Waals surface area (Å²) >= 11 is 0. The number of nitrogens with one attached hydrogen (secondary N) is 1. The minimum Gasteiger partial charge on any atom is -0.493 e. The lowest BCUT2D eigenvalue weighted by Crippen LogP contribution is -2.64. The average molecular weight is 294 g/mol. The number of nitrogens with two attached hydrogens (primary N) is 1. The zero-order valence-corrected chi connectivity index (χ0v) is 12.6. The van der Waals surface area contributed by atoms with E-state index in [1.807, 2.05) is 6.92 Å². The van der Waals surface area contributed by atoms with Crippen molar-refractivity contribution in [1.29, 1.82) is 0 Å². The van der Waals surface area contributed by atoms with Gasteiger partial charge in [-0.05, 0) is 31.5 Å². The first-order valence-corrected chi connectivity index (χ1v) is 7.00. The second-order valence-electron chi connectivity index (χ2n) is 4.96. The Labute approximate surface area is 124 Å². The Kier molecular flexibility index (Phi) is 5.03. The maximum atomic E-state index is 12.3. The molecule has 1 fully saturated rings.